The molecule has 2 amide bonds. The zero-order chi connectivity index (χ0) is 25.8. The van der Waals surface area contributed by atoms with E-state index in [1.807, 2.05) is 41.1 Å². The zero-order valence-electron chi connectivity index (χ0n) is 19.6. The van der Waals surface area contributed by atoms with Crippen molar-refractivity contribution in [3.8, 4) is 5.75 Å². The van der Waals surface area contributed by atoms with Gasteiger partial charge < -0.3 is 29.4 Å². The van der Waals surface area contributed by atoms with Crippen molar-refractivity contribution in [3.63, 3.8) is 0 Å². The predicted molar refractivity (Wildman–Crippen MR) is 134 cm³/mol. The lowest BCUT2D eigenvalue weighted by Gasteiger charge is -2.15. The molecule has 9 nitrogen and oxygen atoms in total. The summed E-state index contributed by atoms with van der Waals surface area (Å²) in [6.07, 6.45) is 1.91. The molecule has 0 spiro atoms. The lowest BCUT2D eigenvalue weighted by molar-refractivity contribution is 0.0561. The standard InChI is InChI=1S/C25H22FN3O6S/c1-33-20-11-16(26)17(10-15(20)12-29-9-8-14-6-4-5-7-19(14)29)27-25(32)28-18-13-36-22(24(31)35-3)21(18)23(30)34-2/h4-11,13H,12H2,1-3H3,(H2,27,28,32). The second-order valence-corrected chi connectivity index (χ2v) is 8.44. The van der Waals surface area contributed by atoms with E-state index in [2.05, 4.69) is 15.4 Å². The summed E-state index contributed by atoms with van der Waals surface area (Å²) >= 11 is 0.903. The van der Waals surface area contributed by atoms with Crippen LogP contribution in [0.4, 0.5) is 20.6 Å². The van der Waals surface area contributed by atoms with Crippen molar-refractivity contribution in [1.29, 1.82) is 0 Å². The number of nitrogens with one attached hydrogen (secondary N) is 2. The summed E-state index contributed by atoms with van der Waals surface area (Å²) in [6.45, 7) is 0.368. The number of ether oxygens (including phenoxy) is 3. The van der Waals surface area contributed by atoms with Gasteiger partial charge in [0.2, 0.25) is 0 Å². The molecule has 2 aromatic heterocycles. The van der Waals surface area contributed by atoms with Crippen LogP contribution in [-0.2, 0) is 16.0 Å². The third kappa shape index (κ3) is 4.86. The minimum Gasteiger partial charge on any atom is -0.496 e. The molecule has 186 valence electrons. The molecule has 4 rings (SSSR count). The number of benzene rings is 2. The number of nitrogens with zero attached hydrogens (tertiary/aromatic N) is 1. The molecule has 0 bridgehead atoms. The number of para-hydroxylation sites is 1. The first-order chi connectivity index (χ1) is 17.4. The highest BCUT2D eigenvalue weighted by Crippen LogP contribution is 2.31. The molecule has 0 saturated heterocycles. The summed E-state index contributed by atoms with van der Waals surface area (Å²) in [5, 5.41) is 7.37. The average Bonchev–Trinajstić information content (AvgIpc) is 3.49. The fourth-order valence-electron chi connectivity index (χ4n) is 3.74. The minimum absolute atomic E-state index is 0.0257. The second-order valence-electron chi connectivity index (χ2n) is 7.56. The molecule has 2 aromatic carbocycles. The van der Waals surface area contributed by atoms with Gasteiger partial charge in [0, 0.05) is 28.7 Å². The van der Waals surface area contributed by atoms with Crippen LogP contribution in [0.2, 0.25) is 0 Å². The Morgan fingerprint density at radius 2 is 1.69 bits per heavy atom. The largest absolute Gasteiger partial charge is 0.496 e. The van der Waals surface area contributed by atoms with Crippen LogP contribution in [0.5, 0.6) is 5.75 Å². The van der Waals surface area contributed by atoms with Gasteiger partial charge in [0.05, 0.1) is 39.2 Å². The number of methoxy groups -OCH3 is 3. The van der Waals surface area contributed by atoms with E-state index in [1.54, 1.807) is 0 Å². The zero-order valence-corrected chi connectivity index (χ0v) is 20.4. The summed E-state index contributed by atoms with van der Waals surface area (Å²) in [4.78, 5) is 36.9. The van der Waals surface area contributed by atoms with E-state index in [0.29, 0.717) is 17.9 Å². The van der Waals surface area contributed by atoms with E-state index < -0.39 is 23.8 Å². The SMILES string of the molecule is COC(=O)c1scc(NC(=O)Nc2cc(Cn3ccc4ccccc43)c(OC)cc2F)c1C(=O)OC. The van der Waals surface area contributed by atoms with Gasteiger partial charge in [-0.25, -0.2) is 18.8 Å². The van der Waals surface area contributed by atoms with Gasteiger partial charge in [-0.2, -0.15) is 0 Å². The van der Waals surface area contributed by atoms with Crippen LogP contribution < -0.4 is 15.4 Å². The molecule has 0 radical (unpaired) electrons. The summed E-state index contributed by atoms with van der Waals surface area (Å²) in [5.41, 5.74) is 1.40. The van der Waals surface area contributed by atoms with E-state index >= 15 is 0 Å². The maximum Gasteiger partial charge on any atom is 0.349 e. The molecular weight excluding hydrogens is 489 g/mol. The molecule has 36 heavy (non-hydrogen) atoms. The quantitative estimate of drug-likeness (QED) is 0.334. The maximum atomic E-state index is 14.8. The Morgan fingerprint density at radius 3 is 2.42 bits per heavy atom. The molecule has 11 heteroatoms. The number of rotatable bonds is 7. The van der Waals surface area contributed by atoms with E-state index in [9.17, 15) is 18.8 Å². The third-order valence-electron chi connectivity index (χ3n) is 5.44. The first-order valence-corrected chi connectivity index (χ1v) is 11.5. The molecule has 2 heterocycles. The Morgan fingerprint density at radius 1 is 0.972 bits per heavy atom. The van der Waals surface area contributed by atoms with Gasteiger partial charge >= 0.3 is 18.0 Å². The number of carbonyl (C=O) groups excluding carboxylic acids is 3. The number of esters is 2. The normalized spacial score (nSPS) is 10.7. The number of urea groups is 1. The number of carbonyl (C=O) groups is 3. The number of hydrogen-bond donors (Lipinski definition) is 2. The highest BCUT2D eigenvalue weighted by atomic mass is 32.1. The Bertz CT molecular complexity index is 1460. The third-order valence-corrected chi connectivity index (χ3v) is 6.40. The van der Waals surface area contributed by atoms with Crippen molar-refractivity contribution in [2.75, 3.05) is 32.0 Å². The monoisotopic (exact) mass is 511 g/mol. The van der Waals surface area contributed by atoms with Gasteiger partial charge in [0.1, 0.15) is 22.0 Å². The number of anilines is 2. The van der Waals surface area contributed by atoms with Crippen LogP contribution in [0.15, 0.2) is 54.0 Å². The number of thiophene rings is 1. The van der Waals surface area contributed by atoms with Crippen molar-refractivity contribution in [1.82, 2.24) is 4.57 Å². The summed E-state index contributed by atoms with van der Waals surface area (Å²) < 4.78 is 31.5. The highest BCUT2D eigenvalue weighted by molar-refractivity contribution is 7.13. The second kappa shape index (κ2) is 10.5. The van der Waals surface area contributed by atoms with Gasteiger partial charge in [-0.15, -0.1) is 11.3 Å². The van der Waals surface area contributed by atoms with Gasteiger partial charge in [-0.1, -0.05) is 18.2 Å². The van der Waals surface area contributed by atoms with Crippen molar-refractivity contribution in [3.05, 3.63) is 75.9 Å². The Kier molecular flexibility index (Phi) is 7.20. The van der Waals surface area contributed by atoms with Gasteiger partial charge in [0.15, 0.2) is 0 Å². The Balaban J connectivity index is 1.59. The number of hydrogen-bond acceptors (Lipinski definition) is 7. The van der Waals surface area contributed by atoms with Crippen LogP contribution >= 0.6 is 11.3 Å². The molecule has 0 unspecified atom stereocenters. The van der Waals surface area contributed by atoms with Crippen LogP contribution in [-0.4, -0.2) is 43.9 Å². The molecule has 0 aliphatic carbocycles. The number of amides is 2. The molecule has 0 aliphatic heterocycles. The maximum absolute atomic E-state index is 14.8. The van der Waals surface area contributed by atoms with E-state index in [4.69, 9.17) is 9.47 Å². The Labute approximate surface area is 209 Å². The van der Waals surface area contributed by atoms with Crippen LogP contribution in [0.25, 0.3) is 10.9 Å². The fraction of sp³-hybridized carbons (Fsp3) is 0.160. The number of aromatic nitrogens is 1. The van der Waals surface area contributed by atoms with Crippen molar-refractivity contribution in [2.45, 2.75) is 6.54 Å². The van der Waals surface area contributed by atoms with E-state index in [1.165, 1.54) is 31.7 Å². The first-order valence-electron chi connectivity index (χ1n) is 10.6. The smallest absolute Gasteiger partial charge is 0.349 e. The van der Waals surface area contributed by atoms with E-state index in [0.717, 1.165) is 29.3 Å². The molecule has 0 fully saturated rings. The summed E-state index contributed by atoms with van der Waals surface area (Å²) in [7, 11) is 3.76. The van der Waals surface area contributed by atoms with E-state index in [-0.39, 0.29) is 21.8 Å². The fourth-order valence-corrected chi connectivity index (χ4v) is 4.65. The molecule has 0 saturated carbocycles. The topological polar surface area (TPSA) is 108 Å². The molecule has 0 atom stereocenters. The van der Waals surface area contributed by atoms with Gasteiger partial charge in [-0.3, -0.25) is 0 Å². The van der Waals surface area contributed by atoms with Crippen molar-refractivity contribution >= 4 is 51.6 Å². The van der Waals surface area contributed by atoms with Crippen LogP contribution in [0, 0.1) is 5.82 Å². The number of halogens is 1. The summed E-state index contributed by atoms with van der Waals surface area (Å²) in [6, 6.07) is 11.7. The van der Waals surface area contributed by atoms with Crippen LogP contribution in [0.3, 0.4) is 0 Å². The van der Waals surface area contributed by atoms with Gasteiger partial charge in [-0.05, 0) is 23.6 Å². The minimum atomic E-state index is -0.830. The highest BCUT2D eigenvalue weighted by Gasteiger charge is 2.26. The van der Waals surface area contributed by atoms with Gasteiger partial charge in [0.25, 0.3) is 0 Å². The molecular formula is C25H22FN3O6S. The van der Waals surface area contributed by atoms with Crippen molar-refractivity contribution < 1.29 is 33.0 Å². The molecule has 2 N–H and O–H groups in total. The average molecular weight is 512 g/mol. The van der Waals surface area contributed by atoms with Crippen LogP contribution in [0.1, 0.15) is 25.6 Å². The lowest BCUT2D eigenvalue weighted by atomic mass is 10.1. The molecule has 0 aliphatic rings. The first kappa shape index (κ1) is 24.7. The lowest BCUT2D eigenvalue weighted by Crippen LogP contribution is -2.22. The summed E-state index contributed by atoms with van der Waals surface area (Å²) in [5.74, 6) is -1.97. The number of fused-ring (bicyclic) bond motifs is 1. The van der Waals surface area contributed by atoms with Crippen molar-refractivity contribution in [2.24, 2.45) is 0 Å². The predicted octanol–water partition coefficient (Wildman–Crippen LogP) is 5.12. The Hall–Kier alpha value is -4.38. The molecule has 4 aromatic rings.